The van der Waals surface area contributed by atoms with Crippen LogP contribution in [0.15, 0.2) is 28.7 Å². The standard InChI is InChI=1S/C15H16O5/c1-9(2)13(14(17)18-3)20-15-11(8-16)10-6-4-5-7-12(10)19-15/h4-9,13H,1-3H3. The van der Waals surface area contributed by atoms with Crippen molar-refractivity contribution in [3.63, 3.8) is 0 Å². The number of aldehydes is 1. The number of rotatable bonds is 5. The van der Waals surface area contributed by atoms with Crippen molar-refractivity contribution in [1.29, 1.82) is 0 Å². The highest BCUT2D eigenvalue weighted by molar-refractivity contribution is 5.98. The summed E-state index contributed by atoms with van der Waals surface area (Å²) in [4.78, 5) is 22.9. The first kappa shape index (κ1) is 14.1. The van der Waals surface area contributed by atoms with Crippen LogP contribution in [0.3, 0.4) is 0 Å². The fourth-order valence-corrected chi connectivity index (χ4v) is 1.93. The number of carbonyl (C=O) groups is 2. The molecule has 1 aromatic carbocycles. The number of ether oxygens (including phenoxy) is 2. The number of furan rings is 1. The molecule has 0 aliphatic rings. The van der Waals surface area contributed by atoms with Gasteiger partial charge in [0.2, 0.25) is 6.10 Å². The molecule has 1 aromatic heterocycles. The fourth-order valence-electron chi connectivity index (χ4n) is 1.93. The number of carbonyl (C=O) groups excluding carboxylic acids is 2. The molecule has 0 radical (unpaired) electrons. The molecule has 0 saturated carbocycles. The molecular formula is C15H16O5. The van der Waals surface area contributed by atoms with E-state index in [1.165, 1.54) is 7.11 Å². The summed E-state index contributed by atoms with van der Waals surface area (Å²) in [6.45, 7) is 3.65. The van der Waals surface area contributed by atoms with Crippen molar-refractivity contribution in [2.24, 2.45) is 5.92 Å². The van der Waals surface area contributed by atoms with Gasteiger partial charge in [0.05, 0.1) is 7.11 Å². The average molecular weight is 276 g/mol. The van der Waals surface area contributed by atoms with Crippen LogP contribution in [0, 0.1) is 5.92 Å². The highest BCUT2D eigenvalue weighted by Gasteiger charge is 2.28. The lowest BCUT2D eigenvalue weighted by Gasteiger charge is -2.18. The Morgan fingerprint density at radius 1 is 1.30 bits per heavy atom. The van der Waals surface area contributed by atoms with Crippen molar-refractivity contribution < 1.29 is 23.5 Å². The van der Waals surface area contributed by atoms with Crippen LogP contribution in [0.1, 0.15) is 24.2 Å². The first-order valence-corrected chi connectivity index (χ1v) is 6.29. The number of hydrogen-bond donors (Lipinski definition) is 0. The van der Waals surface area contributed by atoms with Crippen LogP contribution in [0.2, 0.25) is 0 Å². The molecule has 0 aliphatic carbocycles. The number of hydrogen-bond acceptors (Lipinski definition) is 5. The van der Waals surface area contributed by atoms with Gasteiger partial charge in [0, 0.05) is 11.3 Å². The molecule has 1 atom stereocenters. The maximum Gasteiger partial charge on any atom is 0.347 e. The molecule has 106 valence electrons. The molecule has 0 N–H and O–H groups in total. The van der Waals surface area contributed by atoms with Crippen molar-refractivity contribution >= 4 is 23.2 Å². The predicted molar refractivity (Wildman–Crippen MR) is 72.9 cm³/mol. The third-order valence-electron chi connectivity index (χ3n) is 2.99. The van der Waals surface area contributed by atoms with Gasteiger partial charge in [-0.25, -0.2) is 4.79 Å². The Balaban J connectivity index is 2.41. The summed E-state index contributed by atoms with van der Waals surface area (Å²) in [5, 5.41) is 0.657. The van der Waals surface area contributed by atoms with Gasteiger partial charge in [-0.15, -0.1) is 0 Å². The Morgan fingerprint density at radius 2 is 2.00 bits per heavy atom. The molecule has 5 heteroatoms. The zero-order valence-electron chi connectivity index (χ0n) is 11.6. The molecule has 1 heterocycles. The summed E-state index contributed by atoms with van der Waals surface area (Å²) < 4.78 is 15.8. The monoisotopic (exact) mass is 276 g/mol. The number of esters is 1. The second-order valence-electron chi connectivity index (χ2n) is 4.72. The second kappa shape index (κ2) is 5.77. The maximum atomic E-state index is 11.7. The van der Waals surface area contributed by atoms with Crippen LogP contribution in [-0.4, -0.2) is 25.5 Å². The number of benzene rings is 1. The Labute approximate surface area is 116 Å². The largest absolute Gasteiger partial charge is 0.466 e. The van der Waals surface area contributed by atoms with Crippen molar-refractivity contribution in [3.8, 4) is 5.95 Å². The lowest BCUT2D eigenvalue weighted by Crippen LogP contribution is -2.33. The molecule has 0 saturated heterocycles. The van der Waals surface area contributed by atoms with Crippen molar-refractivity contribution in [1.82, 2.24) is 0 Å². The van der Waals surface area contributed by atoms with E-state index in [4.69, 9.17) is 13.9 Å². The van der Waals surface area contributed by atoms with Crippen LogP contribution in [0.25, 0.3) is 11.0 Å². The van der Waals surface area contributed by atoms with Crippen LogP contribution in [-0.2, 0) is 9.53 Å². The van der Waals surface area contributed by atoms with Gasteiger partial charge < -0.3 is 13.9 Å². The summed E-state index contributed by atoms with van der Waals surface area (Å²) in [5.41, 5.74) is 0.840. The zero-order valence-corrected chi connectivity index (χ0v) is 11.6. The van der Waals surface area contributed by atoms with Gasteiger partial charge in [-0.3, -0.25) is 4.79 Å². The van der Waals surface area contributed by atoms with Gasteiger partial charge in [-0.05, 0) is 6.07 Å². The SMILES string of the molecule is COC(=O)C(Oc1oc2ccccc2c1C=O)C(C)C. The lowest BCUT2D eigenvalue weighted by atomic mass is 10.1. The first-order valence-electron chi connectivity index (χ1n) is 6.29. The Kier molecular flexibility index (Phi) is 4.08. The molecule has 2 aromatic rings. The van der Waals surface area contributed by atoms with E-state index in [0.717, 1.165) is 0 Å². The third-order valence-corrected chi connectivity index (χ3v) is 2.99. The van der Waals surface area contributed by atoms with Crippen LogP contribution in [0.4, 0.5) is 0 Å². The van der Waals surface area contributed by atoms with E-state index in [0.29, 0.717) is 22.8 Å². The van der Waals surface area contributed by atoms with E-state index in [1.807, 2.05) is 13.8 Å². The van der Waals surface area contributed by atoms with Crippen LogP contribution in [0.5, 0.6) is 5.95 Å². The fraction of sp³-hybridized carbons (Fsp3) is 0.333. The smallest absolute Gasteiger partial charge is 0.347 e. The second-order valence-corrected chi connectivity index (χ2v) is 4.72. The summed E-state index contributed by atoms with van der Waals surface area (Å²) in [6, 6.07) is 7.09. The van der Waals surface area contributed by atoms with E-state index >= 15 is 0 Å². The molecule has 0 spiro atoms. The quantitative estimate of drug-likeness (QED) is 0.620. The molecular weight excluding hydrogens is 260 g/mol. The van der Waals surface area contributed by atoms with Gasteiger partial charge in [-0.2, -0.15) is 0 Å². The molecule has 5 nitrogen and oxygen atoms in total. The van der Waals surface area contributed by atoms with E-state index < -0.39 is 12.1 Å². The number of fused-ring (bicyclic) bond motifs is 1. The summed E-state index contributed by atoms with van der Waals surface area (Å²) in [7, 11) is 1.29. The first-order chi connectivity index (χ1) is 9.58. The summed E-state index contributed by atoms with van der Waals surface area (Å²) in [5.74, 6) is -0.572. The highest BCUT2D eigenvalue weighted by Crippen LogP contribution is 2.31. The van der Waals surface area contributed by atoms with Crippen LogP contribution < -0.4 is 4.74 Å². The minimum Gasteiger partial charge on any atom is -0.466 e. The topological polar surface area (TPSA) is 65.7 Å². The Hall–Kier alpha value is -2.30. The van der Waals surface area contributed by atoms with Gasteiger partial charge in [0.1, 0.15) is 11.1 Å². The zero-order chi connectivity index (χ0) is 14.7. The average Bonchev–Trinajstić information content (AvgIpc) is 2.80. The number of para-hydroxylation sites is 1. The van der Waals surface area contributed by atoms with Crippen LogP contribution >= 0.6 is 0 Å². The van der Waals surface area contributed by atoms with Gasteiger partial charge in [0.15, 0.2) is 6.29 Å². The molecule has 0 bridgehead atoms. The molecule has 0 amide bonds. The molecule has 1 unspecified atom stereocenters. The minimum absolute atomic E-state index is 0.0466. The van der Waals surface area contributed by atoms with Crippen molar-refractivity contribution in [2.75, 3.05) is 7.11 Å². The highest BCUT2D eigenvalue weighted by atomic mass is 16.6. The van der Waals surface area contributed by atoms with E-state index in [1.54, 1.807) is 24.3 Å². The Bertz CT molecular complexity index is 626. The third kappa shape index (κ3) is 2.52. The van der Waals surface area contributed by atoms with Crippen molar-refractivity contribution in [3.05, 3.63) is 29.8 Å². The normalized spacial score (nSPS) is 12.4. The molecule has 2 rings (SSSR count). The summed E-state index contributed by atoms with van der Waals surface area (Å²) in [6.07, 6.45) is -0.158. The summed E-state index contributed by atoms with van der Waals surface area (Å²) >= 11 is 0. The minimum atomic E-state index is -0.820. The lowest BCUT2D eigenvalue weighted by molar-refractivity contribution is -0.151. The Morgan fingerprint density at radius 3 is 2.60 bits per heavy atom. The molecule has 20 heavy (non-hydrogen) atoms. The van der Waals surface area contributed by atoms with E-state index in [2.05, 4.69) is 0 Å². The van der Waals surface area contributed by atoms with Gasteiger partial charge >= 0.3 is 5.97 Å². The molecule has 0 aliphatic heterocycles. The maximum absolute atomic E-state index is 11.7. The predicted octanol–water partition coefficient (Wildman–Crippen LogP) is 2.82. The van der Waals surface area contributed by atoms with E-state index in [9.17, 15) is 9.59 Å². The molecule has 0 fully saturated rings. The van der Waals surface area contributed by atoms with E-state index in [-0.39, 0.29) is 11.9 Å². The van der Waals surface area contributed by atoms with Gasteiger partial charge in [0.25, 0.3) is 5.95 Å². The van der Waals surface area contributed by atoms with Crippen molar-refractivity contribution in [2.45, 2.75) is 20.0 Å². The van der Waals surface area contributed by atoms with Gasteiger partial charge in [-0.1, -0.05) is 32.0 Å². The number of methoxy groups -OCH3 is 1.